The summed E-state index contributed by atoms with van der Waals surface area (Å²) >= 11 is 0. The zero-order valence-corrected chi connectivity index (χ0v) is 46.8. The summed E-state index contributed by atoms with van der Waals surface area (Å²) in [5.41, 5.74) is 19.1. The Morgan fingerprint density at radius 1 is 0.167 bits per heavy atom. The van der Waals surface area contributed by atoms with E-state index in [1.165, 1.54) is 99.1 Å². The van der Waals surface area contributed by atoms with E-state index in [9.17, 15) is 0 Å². The lowest BCUT2D eigenvalue weighted by Crippen LogP contribution is -1.98. The molecule has 0 unspecified atom stereocenters. The molecule has 0 aliphatic rings. The van der Waals surface area contributed by atoms with Crippen molar-refractivity contribution in [2.75, 3.05) is 14.2 Å². The maximum atomic E-state index is 6.14. The third-order valence-electron chi connectivity index (χ3n) is 16.4. The van der Waals surface area contributed by atoms with Crippen LogP contribution in [0.4, 0.5) is 0 Å². The molecule has 84 heavy (non-hydrogen) atoms. The van der Waals surface area contributed by atoms with E-state index in [4.69, 9.17) is 9.47 Å². The molecule has 15 aromatic rings. The highest BCUT2D eigenvalue weighted by atomic mass is 16.5. The van der Waals surface area contributed by atoms with Gasteiger partial charge in [-0.05, 0) is 147 Å². The molecule has 0 saturated heterocycles. The van der Waals surface area contributed by atoms with Gasteiger partial charge in [0.25, 0.3) is 0 Å². The Morgan fingerprint density at radius 2 is 0.369 bits per heavy atom. The number of fused-ring (bicyclic) bond motifs is 7. The minimum atomic E-state index is 0.892. The molecule has 0 heterocycles. The van der Waals surface area contributed by atoms with E-state index in [1.54, 1.807) is 14.2 Å². The molecule has 0 aromatic heterocycles. The van der Waals surface area contributed by atoms with Gasteiger partial charge in [-0.3, -0.25) is 0 Å². The number of benzene rings is 15. The molecule has 0 aliphatic heterocycles. The van der Waals surface area contributed by atoms with Crippen molar-refractivity contribution < 1.29 is 9.47 Å². The lowest BCUT2D eigenvalue weighted by molar-refractivity contribution is 0.421. The number of hydrogen-bond acceptors (Lipinski definition) is 2. The van der Waals surface area contributed by atoms with Gasteiger partial charge in [-0.25, -0.2) is 0 Å². The summed E-state index contributed by atoms with van der Waals surface area (Å²) in [6.45, 7) is 0. The van der Waals surface area contributed by atoms with Gasteiger partial charge in [0.05, 0.1) is 14.2 Å². The van der Waals surface area contributed by atoms with Gasteiger partial charge in [0.1, 0.15) is 11.5 Å². The summed E-state index contributed by atoms with van der Waals surface area (Å²) in [4.78, 5) is 0. The van der Waals surface area contributed by atoms with Crippen LogP contribution in [0.5, 0.6) is 11.5 Å². The van der Waals surface area contributed by atoms with E-state index in [0.29, 0.717) is 0 Å². The maximum absolute atomic E-state index is 6.14. The van der Waals surface area contributed by atoms with E-state index in [2.05, 4.69) is 315 Å². The summed E-state index contributed by atoms with van der Waals surface area (Å²) < 4.78 is 12.3. The predicted molar refractivity (Wildman–Crippen MR) is 357 cm³/mol. The quantitative estimate of drug-likeness (QED) is 0.100. The van der Waals surface area contributed by atoms with Crippen molar-refractivity contribution in [3.05, 3.63) is 315 Å². The van der Waals surface area contributed by atoms with Crippen molar-refractivity contribution in [1.29, 1.82) is 0 Å². The van der Waals surface area contributed by atoms with Crippen molar-refractivity contribution in [3.63, 3.8) is 0 Å². The zero-order valence-electron chi connectivity index (χ0n) is 46.8. The second kappa shape index (κ2) is 22.6. The van der Waals surface area contributed by atoms with Crippen molar-refractivity contribution in [3.8, 4) is 101 Å². The summed E-state index contributed by atoms with van der Waals surface area (Å²) in [6.07, 6.45) is 0. The van der Waals surface area contributed by atoms with Gasteiger partial charge in [-0.2, -0.15) is 0 Å². The number of hydrogen-bond donors (Lipinski definition) is 0. The van der Waals surface area contributed by atoms with Crippen molar-refractivity contribution in [2.24, 2.45) is 0 Å². The van der Waals surface area contributed by atoms with E-state index in [1.807, 2.05) is 0 Å². The molecule has 0 N–H and O–H groups in total. The summed E-state index contributed by atoms with van der Waals surface area (Å²) in [7, 11) is 3.54. The van der Waals surface area contributed by atoms with Crippen LogP contribution in [0.25, 0.3) is 143 Å². The third kappa shape index (κ3) is 9.40. The molecule has 0 atom stereocenters. The van der Waals surface area contributed by atoms with Gasteiger partial charge in [-0.1, -0.05) is 279 Å². The number of rotatable bonds is 10. The smallest absolute Gasteiger partial charge is 0.135 e. The molecule has 2 nitrogen and oxygen atoms in total. The minimum absolute atomic E-state index is 0.892. The molecule has 0 amide bonds. The number of ether oxygens (including phenoxy) is 2. The monoisotopic (exact) mass is 1070 g/mol. The second-order valence-electron chi connectivity index (χ2n) is 21.3. The summed E-state index contributed by atoms with van der Waals surface area (Å²) in [5, 5.41) is 11.8. The molecule has 0 fully saturated rings. The fourth-order valence-corrected chi connectivity index (χ4v) is 12.8. The van der Waals surface area contributed by atoms with Crippen LogP contribution in [0, 0.1) is 0 Å². The average Bonchev–Trinajstić information content (AvgIpc) is 3.53. The van der Waals surface area contributed by atoms with E-state index in [0.717, 1.165) is 55.3 Å². The molecule has 0 bridgehead atoms. The molecule has 0 aliphatic carbocycles. The van der Waals surface area contributed by atoms with Gasteiger partial charge in [0.2, 0.25) is 0 Å². The van der Waals surface area contributed by atoms with Gasteiger partial charge in [-0.15, -0.1) is 0 Å². The minimum Gasteiger partial charge on any atom is -0.495 e. The zero-order chi connectivity index (χ0) is 56.3. The number of methoxy groups -OCH3 is 2. The van der Waals surface area contributed by atoms with E-state index in [-0.39, 0.29) is 0 Å². The highest BCUT2D eigenvalue weighted by molar-refractivity contribution is 6.31. The normalized spacial score (nSPS) is 11.2. The van der Waals surface area contributed by atoms with Crippen LogP contribution in [0.3, 0.4) is 0 Å². The van der Waals surface area contributed by atoms with Gasteiger partial charge >= 0.3 is 0 Å². The van der Waals surface area contributed by atoms with E-state index < -0.39 is 0 Å². The van der Waals surface area contributed by atoms with Gasteiger partial charge in [0.15, 0.2) is 0 Å². The SMILES string of the molecule is COc1c(-c2ccccc2)c2c3ccccc3c(OC)c(-c3ccccc3)c2c2ccccc12.c1ccc(-c2cc(-c3ccccc3)cc(-c3c4ccccc4c(-c4cc(-c5ccccc5)cc(-c5ccccc5)c4)c4ccccc34)c2)cc1. The first kappa shape index (κ1) is 51.4. The highest BCUT2D eigenvalue weighted by Crippen LogP contribution is 2.53. The Kier molecular flexibility index (Phi) is 13.8. The Morgan fingerprint density at radius 3 is 0.619 bits per heavy atom. The Balaban J connectivity index is 0.000000161. The van der Waals surface area contributed by atoms with Gasteiger partial charge < -0.3 is 9.47 Å². The van der Waals surface area contributed by atoms with Crippen LogP contribution in [-0.2, 0) is 0 Å². The molecular formula is C82H58O2. The molecule has 15 rings (SSSR count). The molecule has 2 heteroatoms. The first-order chi connectivity index (χ1) is 41.6. The lowest BCUT2D eigenvalue weighted by atomic mass is 9.83. The summed E-state index contributed by atoms with van der Waals surface area (Å²) in [6, 6.07) is 113. The fraction of sp³-hybridized carbons (Fsp3) is 0.0244. The maximum Gasteiger partial charge on any atom is 0.135 e. The molecule has 0 saturated carbocycles. The molecular weight excluding hydrogens is 1020 g/mol. The third-order valence-corrected chi connectivity index (χ3v) is 16.4. The van der Waals surface area contributed by atoms with Crippen LogP contribution in [0.15, 0.2) is 315 Å². The van der Waals surface area contributed by atoms with Crippen LogP contribution in [-0.4, -0.2) is 14.2 Å². The van der Waals surface area contributed by atoms with Crippen LogP contribution < -0.4 is 9.47 Å². The average molecular weight is 1080 g/mol. The second-order valence-corrected chi connectivity index (χ2v) is 21.3. The highest BCUT2D eigenvalue weighted by Gasteiger charge is 2.26. The summed E-state index contributed by atoms with van der Waals surface area (Å²) in [5.74, 6) is 1.78. The fourth-order valence-electron chi connectivity index (χ4n) is 12.8. The van der Waals surface area contributed by atoms with Crippen LogP contribution in [0.1, 0.15) is 0 Å². The molecule has 0 radical (unpaired) electrons. The first-order valence-electron chi connectivity index (χ1n) is 28.7. The standard InChI is InChI=1S/C50H34.C32H24O2/c1-5-17-35(18-6-1)39-29-40(36-19-7-2-8-20-36)32-43(31-39)49-45-25-13-15-27-47(45)50(48-28-16-14-26-46(48)49)44-33-41(37-21-9-3-10-22-37)30-42(34-44)38-23-11-4-12-24-38;1-33-31-25-19-11-9-17-23(25)30-28(22-15-7-4-8-16-22)32(34-2)26-20-12-10-18-24(26)29(30)27(31)21-13-5-3-6-14-21/h1-34H;3-20H,1-2H3. The molecule has 398 valence electrons. The van der Waals surface area contributed by atoms with Crippen molar-refractivity contribution in [2.45, 2.75) is 0 Å². The van der Waals surface area contributed by atoms with Crippen LogP contribution >= 0.6 is 0 Å². The van der Waals surface area contributed by atoms with Crippen LogP contribution in [0.2, 0.25) is 0 Å². The Bertz CT molecular complexity index is 4380. The topological polar surface area (TPSA) is 18.5 Å². The van der Waals surface area contributed by atoms with Crippen molar-refractivity contribution in [1.82, 2.24) is 0 Å². The molecule has 15 aromatic carbocycles. The lowest BCUT2D eigenvalue weighted by Gasteiger charge is -2.23. The van der Waals surface area contributed by atoms with Crippen molar-refractivity contribution >= 4 is 53.9 Å². The Labute approximate surface area is 490 Å². The molecule has 0 spiro atoms. The predicted octanol–water partition coefficient (Wildman–Crippen LogP) is 22.5. The first-order valence-corrected chi connectivity index (χ1v) is 28.7. The Hall–Kier alpha value is -10.8. The van der Waals surface area contributed by atoms with Gasteiger partial charge in [0, 0.05) is 32.7 Å². The van der Waals surface area contributed by atoms with E-state index >= 15 is 0 Å². The largest absolute Gasteiger partial charge is 0.495 e.